The van der Waals surface area contributed by atoms with Gasteiger partial charge in [-0.15, -0.1) is 0 Å². The van der Waals surface area contributed by atoms with E-state index in [4.69, 9.17) is 18.9 Å². The lowest BCUT2D eigenvalue weighted by atomic mass is 9.72. The van der Waals surface area contributed by atoms with Crippen molar-refractivity contribution in [3.63, 3.8) is 0 Å². The van der Waals surface area contributed by atoms with Crippen LogP contribution in [0, 0.1) is 17.7 Å². The first-order valence-electron chi connectivity index (χ1n) is 10.5. The molecule has 4 atom stereocenters. The topological polar surface area (TPSA) is 74.2 Å². The first kappa shape index (κ1) is 21.4. The smallest absolute Gasteiger partial charge is 0.309 e. The summed E-state index contributed by atoms with van der Waals surface area (Å²) in [5.74, 6) is -0.314. The Bertz CT molecular complexity index is 942. The number of carboxylic acids is 1. The van der Waals surface area contributed by atoms with Crippen molar-refractivity contribution < 1.29 is 33.2 Å². The molecule has 0 radical (unpaired) electrons. The van der Waals surface area contributed by atoms with E-state index in [1.54, 1.807) is 0 Å². The summed E-state index contributed by atoms with van der Waals surface area (Å²) < 4.78 is 37.2. The van der Waals surface area contributed by atoms with Crippen LogP contribution in [0.15, 0.2) is 42.5 Å². The summed E-state index contributed by atoms with van der Waals surface area (Å²) in [6.07, 6.45) is -0.624. The molecule has 0 aliphatic carbocycles. The van der Waals surface area contributed by atoms with Gasteiger partial charge < -0.3 is 24.1 Å². The maximum atomic E-state index is 13.2. The zero-order chi connectivity index (χ0) is 22.2. The summed E-state index contributed by atoms with van der Waals surface area (Å²) >= 11 is 0. The molecule has 0 bridgehead atoms. The van der Waals surface area contributed by atoms with Crippen LogP contribution in [0.5, 0.6) is 17.2 Å². The third-order valence-electron chi connectivity index (χ3n) is 6.05. The number of benzene rings is 2. The second-order valence-corrected chi connectivity index (χ2v) is 8.49. The van der Waals surface area contributed by atoms with Gasteiger partial charge in [0.2, 0.25) is 0 Å². The van der Waals surface area contributed by atoms with E-state index in [9.17, 15) is 14.3 Å². The van der Waals surface area contributed by atoms with Crippen LogP contribution in [0.25, 0.3) is 0 Å². The molecular formula is C24H27FO6. The molecule has 0 aromatic heterocycles. The van der Waals surface area contributed by atoms with Crippen LogP contribution in [-0.2, 0) is 9.53 Å². The van der Waals surface area contributed by atoms with Crippen LogP contribution < -0.4 is 14.2 Å². The summed E-state index contributed by atoms with van der Waals surface area (Å²) in [5, 5.41) is 9.87. The average molecular weight is 430 g/mol. The van der Waals surface area contributed by atoms with E-state index >= 15 is 0 Å². The zero-order valence-electron chi connectivity index (χ0n) is 17.8. The number of carbonyl (C=O) groups is 1. The van der Waals surface area contributed by atoms with Crippen LogP contribution in [0.4, 0.5) is 4.39 Å². The monoisotopic (exact) mass is 430 g/mol. The summed E-state index contributed by atoms with van der Waals surface area (Å²) in [6.45, 7) is 6.42. The van der Waals surface area contributed by atoms with Crippen molar-refractivity contribution in [2.45, 2.75) is 45.0 Å². The molecule has 1 fully saturated rings. The zero-order valence-corrected chi connectivity index (χ0v) is 17.8. The molecule has 2 heterocycles. The Morgan fingerprint density at radius 1 is 1.16 bits per heavy atom. The van der Waals surface area contributed by atoms with Gasteiger partial charge in [0, 0.05) is 11.5 Å². The lowest BCUT2D eigenvalue weighted by Crippen LogP contribution is -2.53. The Morgan fingerprint density at radius 2 is 1.87 bits per heavy atom. The lowest BCUT2D eigenvalue weighted by Gasteiger charge is -2.50. The highest BCUT2D eigenvalue weighted by Crippen LogP contribution is 2.52. The van der Waals surface area contributed by atoms with E-state index in [1.807, 2.05) is 39.0 Å². The Hall–Kier alpha value is -2.80. The van der Waals surface area contributed by atoms with Gasteiger partial charge in [-0.25, -0.2) is 4.39 Å². The van der Waals surface area contributed by atoms with Gasteiger partial charge in [-0.1, -0.05) is 0 Å². The molecule has 0 spiro atoms. The minimum Gasteiger partial charge on any atom is -0.494 e. The van der Waals surface area contributed by atoms with Crippen molar-refractivity contribution in [1.82, 2.24) is 0 Å². The van der Waals surface area contributed by atoms with Crippen molar-refractivity contribution in [1.29, 1.82) is 0 Å². The summed E-state index contributed by atoms with van der Waals surface area (Å²) in [6, 6.07) is 11.3. The van der Waals surface area contributed by atoms with Gasteiger partial charge in [-0.2, -0.15) is 0 Å². The molecule has 2 aromatic carbocycles. The summed E-state index contributed by atoms with van der Waals surface area (Å²) in [5.41, 5.74) is 0.257. The highest BCUT2D eigenvalue weighted by Gasteiger charge is 2.52. The minimum atomic E-state index is -0.934. The highest BCUT2D eigenvalue weighted by molar-refractivity contribution is 5.71. The van der Waals surface area contributed by atoms with Crippen LogP contribution >= 0.6 is 0 Å². The molecule has 2 aromatic rings. The first-order valence-corrected chi connectivity index (χ1v) is 10.5. The predicted molar refractivity (Wildman–Crippen MR) is 111 cm³/mol. The fraction of sp³-hybridized carbons (Fsp3) is 0.458. The molecule has 1 saturated heterocycles. The van der Waals surface area contributed by atoms with Crippen molar-refractivity contribution >= 4 is 5.97 Å². The molecule has 0 amide bonds. The largest absolute Gasteiger partial charge is 0.494 e. The second kappa shape index (κ2) is 8.38. The van der Waals surface area contributed by atoms with E-state index in [0.717, 1.165) is 5.56 Å². The average Bonchev–Trinajstić information content (AvgIpc) is 2.73. The summed E-state index contributed by atoms with van der Waals surface area (Å²) in [4.78, 5) is 12.0. The van der Waals surface area contributed by atoms with Crippen molar-refractivity contribution in [2.24, 2.45) is 11.8 Å². The third-order valence-corrected chi connectivity index (χ3v) is 6.05. The van der Waals surface area contributed by atoms with E-state index in [-0.39, 0.29) is 24.4 Å². The van der Waals surface area contributed by atoms with Crippen LogP contribution in [0.3, 0.4) is 0 Å². The third kappa shape index (κ3) is 4.32. The fourth-order valence-corrected chi connectivity index (χ4v) is 4.45. The van der Waals surface area contributed by atoms with Gasteiger partial charge in [-0.3, -0.25) is 4.79 Å². The maximum absolute atomic E-state index is 13.2. The molecule has 6 nitrogen and oxygen atoms in total. The van der Waals surface area contributed by atoms with Gasteiger partial charge in [0.1, 0.15) is 41.4 Å². The molecular weight excluding hydrogens is 403 g/mol. The summed E-state index contributed by atoms with van der Waals surface area (Å²) in [7, 11) is 0. The molecule has 1 N–H and O–H groups in total. The van der Waals surface area contributed by atoms with E-state index < -0.39 is 23.6 Å². The van der Waals surface area contributed by atoms with Crippen LogP contribution in [0.2, 0.25) is 0 Å². The normalized spacial score (nSPS) is 26.2. The Morgan fingerprint density at radius 3 is 2.55 bits per heavy atom. The number of fused-ring (bicyclic) bond motifs is 3. The number of halogens is 1. The van der Waals surface area contributed by atoms with Crippen molar-refractivity contribution in [2.75, 3.05) is 13.2 Å². The van der Waals surface area contributed by atoms with E-state index in [2.05, 4.69) is 0 Å². The van der Waals surface area contributed by atoms with Gasteiger partial charge in [0.05, 0.1) is 18.6 Å². The Labute approximate surface area is 180 Å². The molecule has 7 heteroatoms. The van der Waals surface area contributed by atoms with Gasteiger partial charge in [-0.05, 0) is 69.7 Å². The quantitative estimate of drug-likeness (QED) is 0.721. The Balaban J connectivity index is 1.62. The number of carboxylic acid groups (broad SMARTS) is 1. The molecule has 0 saturated carbocycles. The fourth-order valence-electron chi connectivity index (χ4n) is 4.45. The van der Waals surface area contributed by atoms with E-state index in [1.165, 1.54) is 24.3 Å². The lowest BCUT2D eigenvalue weighted by molar-refractivity contribution is -0.192. The number of hydrogen-bond donors (Lipinski definition) is 1. The van der Waals surface area contributed by atoms with Gasteiger partial charge in [0.15, 0.2) is 0 Å². The molecule has 2 aliphatic rings. The number of aliphatic carboxylic acids is 1. The highest BCUT2D eigenvalue weighted by atomic mass is 19.1. The first-order chi connectivity index (χ1) is 14.8. The van der Waals surface area contributed by atoms with Crippen LogP contribution in [0.1, 0.15) is 38.9 Å². The molecule has 31 heavy (non-hydrogen) atoms. The van der Waals surface area contributed by atoms with Crippen LogP contribution in [-0.4, -0.2) is 36.0 Å². The molecule has 166 valence electrons. The van der Waals surface area contributed by atoms with Crippen molar-refractivity contribution in [3.05, 3.63) is 53.8 Å². The second-order valence-electron chi connectivity index (χ2n) is 8.49. The number of ether oxygens (including phenoxy) is 4. The van der Waals surface area contributed by atoms with Crippen molar-refractivity contribution in [3.8, 4) is 17.2 Å². The Kier molecular flexibility index (Phi) is 5.79. The number of hydrogen-bond acceptors (Lipinski definition) is 5. The predicted octanol–water partition coefficient (Wildman–Crippen LogP) is 4.62. The minimum absolute atomic E-state index is 0.0492. The molecule has 4 rings (SSSR count). The van der Waals surface area contributed by atoms with E-state index in [0.29, 0.717) is 30.3 Å². The molecule has 0 unspecified atom stereocenters. The number of rotatable bonds is 6. The van der Waals surface area contributed by atoms with Gasteiger partial charge >= 0.3 is 5.97 Å². The SMILES string of the molecule is CCOc1ccc2c(c1)[C@H]1O[C@@H](COc3ccc(F)cc3)[C@H](C(=O)O)C[C@@H]1C(C)(C)O2. The molecule has 2 aliphatic heterocycles. The standard InChI is InChI=1S/C24H27FO6/c1-4-28-16-9-10-20-17(11-16)22-19(24(2,3)31-20)12-18(23(26)27)21(30-22)13-29-15-7-5-14(25)6-8-15/h5-11,18-19,21-22H,4,12-13H2,1-3H3,(H,26,27)/t18-,19+,21+,22-/m1/s1. The van der Waals surface area contributed by atoms with Gasteiger partial charge in [0.25, 0.3) is 0 Å². The maximum Gasteiger partial charge on any atom is 0.309 e.